The number of aromatic nitrogens is 4. The number of hydrogen-bond donors (Lipinski definition) is 13. The summed E-state index contributed by atoms with van der Waals surface area (Å²) in [5.41, 5.74) is 26.3. The van der Waals surface area contributed by atoms with Gasteiger partial charge in [0.25, 0.3) is 0 Å². The van der Waals surface area contributed by atoms with E-state index in [0.29, 0.717) is 77.4 Å². The fourth-order valence-corrected chi connectivity index (χ4v) is 8.27. The molecule has 13 N–H and O–H groups in total. The topological polar surface area (TPSA) is 329 Å². The number of aryl methyl sites for hydroxylation is 4. The zero-order chi connectivity index (χ0) is 64.2. The first-order valence-corrected chi connectivity index (χ1v) is 28.9. The van der Waals surface area contributed by atoms with Crippen LogP contribution in [0.5, 0.6) is 11.5 Å². The number of hydrogen-bond acceptors (Lipinski definition) is 17. The lowest BCUT2D eigenvalue weighted by Gasteiger charge is -2.11. The van der Waals surface area contributed by atoms with Crippen molar-refractivity contribution in [2.75, 3.05) is 58.3 Å². The maximum absolute atomic E-state index is 12.3. The van der Waals surface area contributed by atoms with Crippen LogP contribution in [-0.4, -0.2) is 73.0 Å². The highest BCUT2D eigenvalue weighted by Gasteiger charge is 2.36. The Morgan fingerprint density at radius 2 is 1.42 bits per heavy atom. The standard InChI is InChI=1S/C17H20N4O3.C14H12N6O.C13H18N4O3S2.C11H10F3N5OS/c1-12-5-6-14(13(2)11-12)23-10-4-9-19-17(22)21-20-16-8-7-15(18-3)24-16;1-9-4-6-10(7-5-9)17-14(21)20-19-12-8-11(15-2)13(16-3)18-12;1-8(2)7-14-13(18)16-15-12-10-6-9(20-22(3)19)4-5-11(10)17-21-12;1-6-4-2-3-5-7(6)15-9(20)17-18-10-16-8(19-21-10)11(12,13)14/h5-8,11,20H,4,9-10H2,1-2H3,(H2,19,21,22);4-8,18-19H,1H3,(H2,17,20,21);4-6,8,15H,7H2,1-3H3,(H2,14,16,18);2-5H,1H3,(H2,15,17,20)(H,16,18,19). The molecule has 8 amide bonds. The van der Waals surface area contributed by atoms with Gasteiger partial charge in [-0.05, 0) is 123 Å². The molecule has 8 aromatic rings. The van der Waals surface area contributed by atoms with E-state index in [1.807, 2.05) is 77.9 Å². The molecule has 0 aliphatic rings. The summed E-state index contributed by atoms with van der Waals surface area (Å²) in [5.74, 6) is 1.43. The fraction of sp³-hybridized carbons (Fsp3) is 0.236. The number of ether oxygens (including phenoxy) is 1. The second-order valence-corrected chi connectivity index (χ2v) is 20.9. The van der Waals surface area contributed by atoms with Crippen molar-refractivity contribution in [2.45, 2.75) is 54.1 Å². The van der Waals surface area contributed by atoms with Gasteiger partial charge < -0.3 is 44.4 Å². The predicted octanol–water partition coefficient (Wildman–Crippen LogP) is 12.4. The summed E-state index contributed by atoms with van der Waals surface area (Å²) in [7, 11) is 0. The number of urea groups is 4. The van der Waals surface area contributed by atoms with Crippen LogP contribution in [0.4, 0.5) is 82.9 Å². The van der Waals surface area contributed by atoms with E-state index in [9.17, 15) is 36.6 Å². The molecule has 0 aliphatic carbocycles. The summed E-state index contributed by atoms with van der Waals surface area (Å²) in [6, 6.07) is 28.4. The van der Waals surface area contributed by atoms with Crippen molar-refractivity contribution in [2.24, 2.45) is 5.92 Å². The van der Waals surface area contributed by atoms with Gasteiger partial charge in [0, 0.05) is 47.6 Å². The first-order chi connectivity index (χ1) is 42.0. The van der Waals surface area contributed by atoms with Crippen molar-refractivity contribution < 1.29 is 49.9 Å². The molecular formula is C55H60F3N19O8S3. The highest BCUT2D eigenvalue weighted by atomic mass is 32.2. The number of hydrazine groups is 4. The van der Waals surface area contributed by atoms with Gasteiger partial charge in [0.15, 0.2) is 11.7 Å². The molecule has 4 aromatic carbocycles. The number of anilines is 6. The lowest BCUT2D eigenvalue weighted by molar-refractivity contribution is -0.144. The number of alkyl halides is 3. The van der Waals surface area contributed by atoms with Gasteiger partial charge in [-0.1, -0.05) is 74.0 Å². The van der Waals surface area contributed by atoms with E-state index in [1.54, 1.807) is 48.5 Å². The number of benzene rings is 4. The Labute approximate surface area is 513 Å². The average Bonchev–Trinajstić information content (AvgIpc) is 3.22. The quantitative estimate of drug-likeness (QED) is 0.0203. The molecule has 27 nitrogen and oxygen atoms in total. The molecule has 4 aromatic heterocycles. The Hall–Kier alpha value is -10.8. The minimum absolute atomic E-state index is 0.133. The normalized spacial score (nSPS) is 10.6. The number of para-hydroxylation sites is 1. The molecule has 0 aliphatic heterocycles. The van der Waals surface area contributed by atoms with Gasteiger partial charge in [-0.25, -0.2) is 44.5 Å². The zero-order valence-electron chi connectivity index (χ0n) is 48.0. The minimum atomic E-state index is -4.61. The Kier molecular flexibility index (Phi) is 26.4. The van der Waals surface area contributed by atoms with Gasteiger partial charge >= 0.3 is 36.2 Å². The summed E-state index contributed by atoms with van der Waals surface area (Å²) in [5, 5.41) is 11.9. The number of amides is 8. The molecule has 0 fully saturated rings. The molecule has 33 heteroatoms. The number of aromatic amines is 1. The van der Waals surface area contributed by atoms with Gasteiger partial charge in [0.1, 0.15) is 16.5 Å². The molecule has 1 atom stereocenters. The van der Waals surface area contributed by atoms with E-state index in [-0.39, 0.29) is 34.6 Å². The van der Waals surface area contributed by atoms with E-state index in [2.05, 4.69) is 104 Å². The fourth-order valence-electron chi connectivity index (χ4n) is 6.65. The molecular weight excluding hydrogens is 1210 g/mol. The van der Waals surface area contributed by atoms with E-state index in [4.69, 9.17) is 33.1 Å². The lowest BCUT2D eigenvalue weighted by atomic mass is 10.1. The van der Waals surface area contributed by atoms with Gasteiger partial charge in [0.2, 0.25) is 33.5 Å². The first-order valence-electron chi connectivity index (χ1n) is 25.9. The van der Waals surface area contributed by atoms with Gasteiger partial charge in [0.05, 0.1) is 25.3 Å². The number of nitrogens with one attached hydrogen (secondary N) is 13. The lowest BCUT2D eigenvalue weighted by Crippen LogP contribution is -2.40. The smallest absolute Gasteiger partial charge is 0.452 e. The Morgan fingerprint density at radius 3 is 2.07 bits per heavy atom. The van der Waals surface area contributed by atoms with Crippen LogP contribution in [0.3, 0.4) is 0 Å². The minimum Gasteiger partial charge on any atom is -0.493 e. The van der Waals surface area contributed by atoms with E-state index in [0.717, 1.165) is 33.3 Å². The maximum Gasteiger partial charge on any atom is 0.452 e. The third kappa shape index (κ3) is 23.7. The number of nitrogens with zero attached hydrogens (tertiary/aromatic N) is 6. The third-order valence-electron chi connectivity index (χ3n) is 10.8. The number of furan rings is 1. The van der Waals surface area contributed by atoms with Crippen LogP contribution in [0.25, 0.3) is 25.4 Å². The van der Waals surface area contributed by atoms with Crippen LogP contribution >= 0.6 is 23.1 Å². The summed E-state index contributed by atoms with van der Waals surface area (Å²) in [6.07, 6.45) is -2.47. The highest BCUT2D eigenvalue weighted by Crippen LogP contribution is 2.32. The molecule has 0 spiro atoms. The zero-order valence-corrected chi connectivity index (χ0v) is 50.5. The van der Waals surface area contributed by atoms with Crippen molar-refractivity contribution in [3.63, 3.8) is 0 Å². The molecule has 0 saturated heterocycles. The largest absolute Gasteiger partial charge is 0.493 e. The molecule has 8 rings (SSSR count). The van der Waals surface area contributed by atoms with Crippen LogP contribution in [0.15, 0.2) is 108 Å². The highest BCUT2D eigenvalue weighted by molar-refractivity contribution is 7.79. The second kappa shape index (κ2) is 34.2. The number of rotatable bonds is 19. The molecule has 462 valence electrons. The number of carbonyl (C=O) groups excluding carboxylic acids is 4. The van der Waals surface area contributed by atoms with Gasteiger partial charge in [-0.3, -0.25) is 27.1 Å². The first kappa shape index (κ1) is 68.0. The predicted molar refractivity (Wildman–Crippen MR) is 333 cm³/mol. The molecule has 0 saturated carbocycles. The van der Waals surface area contributed by atoms with Crippen molar-refractivity contribution >= 4 is 120 Å². The van der Waals surface area contributed by atoms with E-state index >= 15 is 0 Å². The van der Waals surface area contributed by atoms with Crippen molar-refractivity contribution in [1.29, 1.82) is 0 Å². The van der Waals surface area contributed by atoms with Crippen LogP contribution in [0.2, 0.25) is 0 Å². The van der Waals surface area contributed by atoms with Crippen LogP contribution in [0, 0.1) is 53.3 Å². The van der Waals surface area contributed by atoms with Crippen molar-refractivity contribution in [1.82, 2.24) is 51.1 Å². The van der Waals surface area contributed by atoms with Crippen LogP contribution in [-0.2, 0) is 17.3 Å². The van der Waals surface area contributed by atoms with E-state index in [1.165, 1.54) is 35.5 Å². The number of carbonyl (C=O) groups is 4. The number of fused-ring (bicyclic) bond motifs is 1. The Morgan fingerprint density at radius 1 is 0.727 bits per heavy atom. The van der Waals surface area contributed by atoms with Crippen molar-refractivity contribution in [3.05, 3.63) is 165 Å². The summed E-state index contributed by atoms with van der Waals surface area (Å²) in [4.78, 5) is 61.9. The van der Waals surface area contributed by atoms with Crippen LogP contribution < -0.4 is 73.6 Å². The SMILES string of the molecule is CC(C)CNC(=O)NNc1snc2ccc(OS(C)=O)cc12.Cc1ccccc1NC(=O)NNc1nc(C(F)(F)F)ns1.[C-]#[N+]c1cc(NNC(=O)Nc2ccc(C)cc2)[nH]c1[N+]#[C-].[C-]#[N+]c1ccc(NNC(=O)NCCCOc2ccc(C)cc2C)o1. The molecule has 1 unspecified atom stereocenters. The number of H-pyrrole nitrogens is 1. The van der Waals surface area contributed by atoms with Gasteiger partial charge in [-0.2, -0.15) is 31.7 Å². The third-order valence-corrected chi connectivity index (χ3v) is 12.7. The van der Waals surface area contributed by atoms with Crippen molar-refractivity contribution in [3.8, 4) is 11.5 Å². The maximum atomic E-state index is 12.3. The van der Waals surface area contributed by atoms with Crippen LogP contribution in [0.1, 0.15) is 48.3 Å². The summed E-state index contributed by atoms with van der Waals surface area (Å²) in [6.45, 7) is 34.0. The Balaban J connectivity index is 0.000000214. The molecule has 4 heterocycles. The second-order valence-electron chi connectivity index (χ2n) is 18.4. The van der Waals surface area contributed by atoms with Gasteiger partial charge in [-0.15, -0.1) is 0 Å². The average molecular weight is 1270 g/mol. The summed E-state index contributed by atoms with van der Waals surface area (Å²) < 4.78 is 71.3. The molecule has 0 radical (unpaired) electrons. The molecule has 0 bridgehead atoms. The summed E-state index contributed by atoms with van der Waals surface area (Å²) >= 11 is 0.325. The Bertz CT molecular complexity index is 3750. The monoisotopic (exact) mass is 1270 g/mol. The number of halogens is 3. The van der Waals surface area contributed by atoms with E-state index < -0.39 is 35.1 Å². The molecule has 88 heavy (non-hydrogen) atoms.